The molecule has 1 aliphatic rings. The van der Waals surface area contributed by atoms with Gasteiger partial charge in [-0.25, -0.2) is 0 Å². The predicted molar refractivity (Wildman–Crippen MR) is 67.0 cm³/mol. The van der Waals surface area contributed by atoms with Crippen LogP contribution in [0, 0.1) is 6.42 Å². The third-order valence-corrected chi connectivity index (χ3v) is 3.16. The fourth-order valence-corrected chi connectivity index (χ4v) is 2.27. The fourth-order valence-electron chi connectivity index (χ4n) is 2.27. The molecule has 2 heteroatoms. The first-order valence-corrected chi connectivity index (χ1v) is 6.66. The number of hydrogen-bond donors (Lipinski definition) is 1. The third kappa shape index (κ3) is 4.98. The van der Waals surface area contributed by atoms with Gasteiger partial charge in [-0.2, -0.15) is 0 Å². The Morgan fingerprint density at radius 3 is 2.87 bits per heavy atom. The average molecular weight is 211 g/mol. The van der Waals surface area contributed by atoms with Crippen molar-refractivity contribution in [2.45, 2.75) is 52.0 Å². The number of hydrogen-bond acceptors (Lipinski definition) is 2. The third-order valence-electron chi connectivity index (χ3n) is 3.16. The first kappa shape index (κ1) is 13.0. The van der Waals surface area contributed by atoms with Gasteiger partial charge in [0.1, 0.15) is 0 Å². The fraction of sp³-hybridized carbons (Fsp3) is 0.923. The lowest BCUT2D eigenvalue weighted by molar-refractivity contribution is 0.179. The Morgan fingerprint density at radius 2 is 2.13 bits per heavy atom. The molecule has 1 aliphatic heterocycles. The molecule has 2 nitrogen and oxygen atoms in total. The molecule has 1 fully saturated rings. The van der Waals surface area contributed by atoms with Gasteiger partial charge in [-0.3, -0.25) is 4.90 Å². The average Bonchev–Trinajstić information content (AvgIpc) is 2.27. The Balaban J connectivity index is 2.17. The van der Waals surface area contributed by atoms with Gasteiger partial charge in [0.05, 0.1) is 0 Å². The zero-order valence-electron chi connectivity index (χ0n) is 10.5. The van der Waals surface area contributed by atoms with Crippen LogP contribution in [0.15, 0.2) is 0 Å². The zero-order valence-corrected chi connectivity index (χ0v) is 10.5. The van der Waals surface area contributed by atoms with E-state index >= 15 is 0 Å². The van der Waals surface area contributed by atoms with Crippen LogP contribution in [0.2, 0.25) is 0 Å². The number of unbranched alkanes of at least 4 members (excludes halogenated alkanes) is 3. The molecule has 89 valence electrons. The van der Waals surface area contributed by atoms with Gasteiger partial charge in [-0.1, -0.05) is 33.1 Å². The number of rotatable bonds is 7. The summed E-state index contributed by atoms with van der Waals surface area (Å²) in [5, 5.41) is 3.49. The van der Waals surface area contributed by atoms with Crippen LogP contribution in [0.1, 0.15) is 46.0 Å². The summed E-state index contributed by atoms with van der Waals surface area (Å²) < 4.78 is 0. The molecule has 0 saturated carbocycles. The maximum absolute atomic E-state index is 3.49. The van der Waals surface area contributed by atoms with E-state index in [0.29, 0.717) is 6.04 Å². The van der Waals surface area contributed by atoms with Gasteiger partial charge in [0.25, 0.3) is 0 Å². The van der Waals surface area contributed by atoms with E-state index in [1.807, 2.05) is 0 Å². The molecular formula is C13H27N2. The summed E-state index contributed by atoms with van der Waals surface area (Å²) in [5.41, 5.74) is 0. The Kier molecular flexibility index (Phi) is 7.03. The van der Waals surface area contributed by atoms with E-state index in [2.05, 4.69) is 30.5 Å². The highest BCUT2D eigenvalue weighted by Gasteiger charge is 2.20. The van der Waals surface area contributed by atoms with E-state index < -0.39 is 0 Å². The van der Waals surface area contributed by atoms with Crippen LogP contribution in [-0.2, 0) is 0 Å². The van der Waals surface area contributed by atoms with E-state index in [0.717, 1.165) is 6.54 Å². The quantitative estimate of drug-likeness (QED) is 0.651. The molecule has 0 aromatic heterocycles. The minimum Gasteiger partial charge on any atom is -0.314 e. The lowest BCUT2D eigenvalue weighted by atomic mass is 10.0. The molecule has 1 N–H and O–H groups in total. The van der Waals surface area contributed by atoms with Gasteiger partial charge in [0.15, 0.2) is 0 Å². The lowest BCUT2D eigenvalue weighted by Crippen LogP contribution is -2.51. The second kappa shape index (κ2) is 8.12. The minimum atomic E-state index is 0.690. The summed E-state index contributed by atoms with van der Waals surface area (Å²) in [6, 6.07) is 0.690. The highest BCUT2D eigenvalue weighted by molar-refractivity contribution is 4.90. The van der Waals surface area contributed by atoms with E-state index in [1.165, 1.54) is 51.7 Å². The molecule has 15 heavy (non-hydrogen) atoms. The molecule has 0 spiro atoms. The number of nitrogens with one attached hydrogen (secondary N) is 1. The van der Waals surface area contributed by atoms with Crippen LogP contribution in [0.4, 0.5) is 0 Å². The lowest BCUT2D eigenvalue weighted by Gasteiger charge is -2.36. The smallest absolute Gasteiger partial charge is 0.0252 e. The molecule has 1 radical (unpaired) electrons. The maximum Gasteiger partial charge on any atom is 0.0252 e. The van der Waals surface area contributed by atoms with Crippen LogP contribution in [0.3, 0.4) is 0 Å². The normalized spacial score (nSPS) is 23.2. The Morgan fingerprint density at radius 1 is 1.27 bits per heavy atom. The standard InChI is InChI=1S/C13H27N2/c1-3-5-6-7-8-13-12-14-9-11-15(13)10-4-2/h8,13-14H,3-7,9-12H2,1-2H3. The van der Waals surface area contributed by atoms with Crippen molar-refractivity contribution in [3.63, 3.8) is 0 Å². The first-order valence-electron chi connectivity index (χ1n) is 6.66. The van der Waals surface area contributed by atoms with Gasteiger partial charge in [-0.05, 0) is 25.8 Å². The van der Waals surface area contributed by atoms with Crippen molar-refractivity contribution in [2.24, 2.45) is 0 Å². The Labute approximate surface area is 95.4 Å². The largest absolute Gasteiger partial charge is 0.314 e. The van der Waals surface area contributed by atoms with Crippen molar-refractivity contribution < 1.29 is 0 Å². The van der Waals surface area contributed by atoms with Gasteiger partial charge in [-0.15, -0.1) is 0 Å². The summed E-state index contributed by atoms with van der Waals surface area (Å²) in [4.78, 5) is 2.63. The van der Waals surface area contributed by atoms with E-state index in [4.69, 9.17) is 0 Å². The molecular weight excluding hydrogens is 184 g/mol. The summed E-state index contributed by atoms with van der Waals surface area (Å²) in [6.45, 7) is 9.35. The summed E-state index contributed by atoms with van der Waals surface area (Å²) in [5.74, 6) is 0. The van der Waals surface area contributed by atoms with E-state index in [1.54, 1.807) is 0 Å². The number of piperazine rings is 1. The molecule has 1 saturated heterocycles. The van der Waals surface area contributed by atoms with Crippen molar-refractivity contribution in [1.29, 1.82) is 0 Å². The van der Waals surface area contributed by atoms with Gasteiger partial charge < -0.3 is 5.32 Å². The Bertz CT molecular complexity index is 145. The van der Waals surface area contributed by atoms with Crippen molar-refractivity contribution in [3.8, 4) is 0 Å². The van der Waals surface area contributed by atoms with Crippen LogP contribution < -0.4 is 5.32 Å². The Hall–Kier alpha value is -0.0800. The molecule has 0 aromatic carbocycles. The molecule has 0 aliphatic carbocycles. The predicted octanol–water partition coefficient (Wildman–Crippen LogP) is 2.45. The molecule has 0 aromatic rings. The highest BCUT2D eigenvalue weighted by atomic mass is 15.2. The summed E-state index contributed by atoms with van der Waals surface area (Å²) >= 11 is 0. The van der Waals surface area contributed by atoms with Crippen molar-refractivity contribution in [1.82, 2.24) is 10.2 Å². The summed E-state index contributed by atoms with van der Waals surface area (Å²) in [7, 11) is 0. The highest BCUT2D eigenvalue weighted by Crippen LogP contribution is 2.12. The van der Waals surface area contributed by atoms with Gasteiger partial charge >= 0.3 is 0 Å². The minimum absolute atomic E-state index is 0.690. The second-order valence-electron chi connectivity index (χ2n) is 4.54. The molecule has 1 unspecified atom stereocenters. The molecule has 1 rings (SSSR count). The van der Waals surface area contributed by atoms with Crippen LogP contribution in [0.5, 0.6) is 0 Å². The second-order valence-corrected chi connectivity index (χ2v) is 4.54. The van der Waals surface area contributed by atoms with Crippen LogP contribution >= 0.6 is 0 Å². The van der Waals surface area contributed by atoms with E-state index in [-0.39, 0.29) is 0 Å². The monoisotopic (exact) mass is 211 g/mol. The molecule has 0 amide bonds. The first-order chi connectivity index (χ1) is 7.38. The van der Waals surface area contributed by atoms with Gasteiger partial charge in [0.2, 0.25) is 0 Å². The zero-order chi connectivity index (χ0) is 10.9. The number of nitrogens with zero attached hydrogens (tertiary/aromatic N) is 1. The van der Waals surface area contributed by atoms with Crippen molar-refractivity contribution >= 4 is 0 Å². The molecule has 1 atom stereocenters. The summed E-state index contributed by atoms with van der Waals surface area (Å²) in [6.07, 6.45) is 9.17. The van der Waals surface area contributed by atoms with Crippen LogP contribution in [0.25, 0.3) is 0 Å². The maximum atomic E-state index is 3.49. The van der Waals surface area contributed by atoms with E-state index in [9.17, 15) is 0 Å². The van der Waals surface area contributed by atoms with Crippen molar-refractivity contribution in [3.05, 3.63) is 6.42 Å². The topological polar surface area (TPSA) is 15.3 Å². The van der Waals surface area contributed by atoms with Gasteiger partial charge in [0, 0.05) is 25.7 Å². The molecule has 0 bridgehead atoms. The van der Waals surface area contributed by atoms with Crippen molar-refractivity contribution in [2.75, 3.05) is 26.2 Å². The van der Waals surface area contributed by atoms with Crippen LogP contribution in [-0.4, -0.2) is 37.1 Å². The molecule has 1 heterocycles. The SMILES string of the molecule is CCCCC[CH]C1CNCCN1CCC.